The van der Waals surface area contributed by atoms with Gasteiger partial charge in [0.05, 0.1) is 0 Å². The van der Waals surface area contributed by atoms with Crippen molar-refractivity contribution < 1.29 is 0 Å². The van der Waals surface area contributed by atoms with E-state index in [0.717, 1.165) is 17.1 Å². The lowest BCUT2D eigenvalue weighted by Gasteiger charge is -2.29. The topological polar surface area (TPSA) is 3.24 Å². The lowest BCUT2D eigenvalue weighted by atomic mass is 9.81. The summed E-state index contributed by atoms with van der Waals surface area (Å²) in [5.41, 5.74) is 0. The van der Waals surface area contributed by atoms with Crippen LogP contribution in [-0.4, -0.2) is 36.0 Å². The summed E-state index contributed by atoms with van der Waals surface area (Å²) in [6, 6.07) is 0. The average Bonchev–Trinajstić information content (AvgIpc) is 2.58. The van der Waals surface area contributed by atoms with Gasteiger partial charge in [-0.05, 0) is 43.9 Å². The molecular weight excluding hydrogens is 178 g/mol. The monoisotopic (exact) mass is 199 g/mol. The Kier molecular flexibility index (Phi) is 3.20. The molecule has 3 atom stereocenters. The summed E-state index contributed by atoms with van der Waals surface area (Å²) < 4.78 is 0. The highest BCUT2D eigenvalue weighted by Crippen LogP contribution is 2.39. The van der Waals surface area contributed by atoms with Crippen LogP contribution in [0, 0.1) is 11.8 Å². The van der Waals surface area contributed by atoms with Gasteiger partial charge in [-0.2, -0.15) is 11.8 Å². The van der Waals surface area contributed by atoms with E-state index in [1.165, 1.54) is 38.9 Å². The summed E-state index contributed by atoms with van der Waals surface area (Å²) in [5.74, 6) is 2.08. The van der Waals surface area contributed by atoms with Crippen LogP contribution >= 0.6 is 11.8 Å². The van der Waals surface area contributed by atoms with Crippen LogP contribution in [0.15, 0.2) is 0 Å². The fourth-order valence-electron chi connectivity index (χ4n) is 2.96. The first-order chi connectivity index (χ1) is 6.33. The molecule has 0 aromatic carbocycles. The number of hydrogen-bond donors (Lipinski definition) is 0. The maximum Gasteiger partial charge on any atom is 0.00476 e. The Labute approximate surface area is 86.3 Å². The Balaban J connectivity index is 1.90. The zero-order valence-corrected chi connectivity index (χ0v) is 9.65. The third-order valence-electron chi connectivity index (χ3n) is 3.86. The van der Waals surface area contributed by atoms with E-state index >= 15 is 0 Å². The van der Waals surface area contributed by atoms with Crippen LogP contribution in [0.5, 0.6) is 0 Å². The van der Waals surface area contributed by atoms with Crippen molar-refractivity contribution in [3.8, 4) is 0 Å². The van der Waals surface area contributed by atoms with Gasteiger partial charge in [-0.25, -0.2) is 0 Å². The van der Waals surface area contributed by atoms with Gasteiger partial charge in [0.25, 0.3) is 0 Å². The number of hydrogen-bond acceptors (Lipinski definition) is 2. The molecule has 0 N–H and O–H groups in total. The van der Waals surface area contributed by atoms with E-state index < -0.39 is 0 Å². The average molecular weight is 199 g/mol. The number of rotatable bonds is 2. The van der Waals surface area contributed by atoms with Gasteiger partial charge in [-0.1, -0.05) is 6.92 Å². The van der Waals surface area contributed by atoms with Crippen molar-refractivity contribution in [2.45, 2.75) is 31.4 Å². The van der Waals surface area contributed by atoms with Gasteiger partial charge in [0.1, 0.15) is 0 Å². The molecule has 0 spiro atoms. The molecular formula is C11H21NS. The minimum absolute atomic E-state index is 0.970. The summed E-state index contributed by atoms with van der Waals surface area (Å²) in [7, 11) is 0. The van der Waals surface area contributed by atoms with Crippen molar-refractivity contribution in [1.82, 2.24) is 4.90 Å². The normalized spacial score (nSPS) is 40.6. The van der Waals surface area contributed by atoms with Crippen LogP contribution in [0.3, 0.4) is 0 Å². The van der Waals surface area contributed by atoms with Crippen LogP contribution in [-0.2, 0) is 0 Å². The molecule has 2 rings (SSSR count). The summed E-state index contributed by atoms with van der Waals surface area (Å²) in [6.45, 7) is 6.33. The minimum Gasteiger partial charge on any atom is -0.303 e. The summed E-state index contributed by atoms with van der Waals surface area (Å²) in [5, 5.41) is 0.970. The largest absolute Gasteiger partial charge is 0.303 e. The Morgan fingerprint density at radius 3 is 2.69 bits per heavy atom. The molecule has 3 unspecified atom stereocenters. The minimum atomic E-state index is 0.970. The zero-order chi connectivity index (χ0) is 9.26. The summed E-state index contributed by atoms with van der Waals surface area (Å²) in [4.78, 5) is 2.64. The quantitative estimate of drug-likeness (QED) is 0.672. The molecule has 2 heteroatoms. The Bertz CT molecular complexity index is 169. The van der Waals surface area contributed by atoms with E-state index in [9.17, 15) is 0 Å². The standard InChI is InChI=1S/C11H21NS/c1-3-12-7-9-4-5-11(13-2)6-10(9)8-12/h9-11H,3-8H2,1-2H3. The summed E-state index contributed by atoms with van der Waals surface area (Å²) in [6.07, 6.45) is 6.73. The molecule has 1 saturated heterocycles. The molecule has 1 aliphatic heterocycles. The third-order valence-corrected chi connectivity index (χ3v) is 4.95. The van der Waals surface area contributed by atoms with Crippen molar-refractivity contribution in [2.75, 3.05) is 25.9 Å². The fourth-order valence-corrected chi connectivity index (χ4v) is 3.77. The molecule has 1 aliphatic carbocycles. The lowest BCUT2D eigenvalue weighted by molar-refractivity contribution is 0.306. The molecule has 0 aromatic rings. The van der Waals surface area contributed by atoms with Crippen molar-refractivity contribution in [3.63, 3.8) is 0 Å². The maximum atomic E-state index is 2.64. The Morgan fingerprint density at radius 2 is 2.00 bits per heavy atom. The molecule has 2 fully saturated rings. The van der Waals surface area contributed by atoms with Gasteiger partial charge in [0.2, 0.25) is 0 Å². The molecule has 1 nitrogen and oxygen atoms in total. The Hall–Kier alpha value is 0.310. The van der Waals surface area contributed by atoms with Crippen LogP contribution < -0.4 is 0 Å². The second kappa shape index (κ2) is 4.22. The predicted octanol–water partition coefficient (Wildman–Crippen LogP) is 2.47. The second-order valence-electron chi connectivity index (χ2n) is 4.54. The number of nitrogens with zero attached hydrogens (tertiary/aromatic N) is 1. The molecule has 0 amide bonds. The predicted molar refractivity (Wildman–Crippen MR) is 60.2 cm³/mol. The van der Waals surface area contributed by atoms with Gasteiger partial charge in [0.15, 0.2) is 0 Å². The molecule has 13 heavy (non-hydrogen) atoms. The van der Waals surface area contributed by atoms with E-state index in [-0.39, 0.29) is 0 Å². The van der Waals surface area contributed by atoms with Gasteiger partial charge in [-0.15, -0.1) is 0 Å². The first kappa shape index (κ1) is 9.85. The van der Waals surface area contributed by atoms with E-state index in [4.69, 9.17) is 0 Å². The SMILES string of the molecule is CCN1CC2CCC(SC)CC2C1. The van der Waals surface area contributed by atoms with E-state index in [1.54, 1.807) is 0 Å². The third kappa shape index (κ3) is 2.04. The van der Waals surface area contributed by atoms with Crippen LogP contribution in [0.2, 0.25) is 0 Å². The van der Waals surface area contributed by atoms with E-state index in [0.29, 0.717) is 0 Å². The number of likely N-dealkylation sites (tertiary alicyclic amines) is 1. The Morgan fingerprint density at radius 1 is 1.23 bits per heavy atom. The highest BCUT2D eigenvalue weighted by atomic mass is 32.2. The second-order valence-corrected chi connectivity index (χ2v) is 5.68. The van der Waals surface area contributed by atoms with Crippen molar-refractivity contribution in [2.24, 2.45) is 11.8 Å². The van der Waals surface area contributed by atoms with Crippen molar-refractivity contribution >= 4 is 11.8 Å². The number of fused-ring (bicyclic) bond motifs is 1. The van der Waals surface area contributed by atoms with Gasteiger partial charge in [0, 0.05) is 18.3 Å². The molecule has 0 bridgehead atoms. The zero-order valence-electron chi connectivity index (χ0n) is 8.83. The molecule has 0 aromatic heterocycles. The van der Waals surface area contributed by atoms with Gasteiger partial charge >= 0.3 is 0 Å². The van der Waals surface area contributed by atoms with Crippen LogP contribution in [0.25, 0.3) is 0 Å². The van der Waals surface area contributed by atoms with Gasteiger partial charge < -0.3 is 4.90 Å². The molecule has 0 radical (unpaired) electrons. The maximum absolute atomic E-state index is 2.64. The molecule has 2 aliphatic rings. The molecule has 76 valence electrons. The number of thioether (sulfide) groups is 1. The lowest BCUT2D eigenvalue weighted by Crippen LogP contribution is -2.24. The fraction of sp³-hybridized carbons (Fsp3) is 1.00. The molecule has 1 heterocycles. The highest BCUT2D eigenvalue weighted by Gasteiger charge is 2.36. The first-order valence-corrected chi connectivity index (χ1v) is 6.87. The van der Waals surface area contributed by atoms with Crippen molar-refractivity contribution in [1.29, 1.82) is 0 Å². The van der Waals surface area contributed by atoms with Crippen LogP contribution in [0.4, 0.5) is 0 Å². The van der Waals surface area contributed by atoms with Gasteiger partial charge in [-0.3, -0.25) is 0 Å². The highest BCUT2D eigenvalue weighted by molar-refractivity contribution is 7.99. The van der Waals surface area contributed by atoms with Crippen LogP contribution in [0.1, 0.15) is 26.2 Å². The smallest absolute Gasteiger partial charge is 0.00476 e. The van der Waals surface area contributed by atoms with E-state index in [2.05, 4.69) is 29.8 Å². The summed E-state index contributed by atoms with van der Waals surface area (Å²) >= 11 is 2.08. The van der Waals surface area contributed by atoms with E-state index in [1.807, 2.05) is 0 Å². The first-order valence-electron chi connectivity index (χ1n) is 5.58. The van der Waals surface area contributed by atoms with Crippen molar-refractivity contribution in [3.05, 3.63) is 0 Å². The molecule has 1 saturated carbocycles.